The molecule has 1 fully saturated rings. The number of carbonyl (C=O) groups excluding carboxylic acids is 1. The van der Waals surface area contributed by atoms with Crippen molar-refractivity contribution < 1.29 is 14.7 Å². The minimum Gasteiger partial charge on any atom is -0.480 e. The highest BCUT2D eigenvalue weighted by Crippen LogP contribution is 2.24. The number of rotatable bonds is 2. The van der Waals surface area contributed by atoms with E-state index >= 15 is 0 Å². The second-order valence-electron chi connectivity index (χ2n) is 6.74. The second-order valence-corrected chi connectivity index (χ2v) is 6.74. The zero-order valence-corrected chi connectivity index (χ0v) is 12.9. The number of H-pyrrole nitrogens is 1. The summed E-state index contributed by atoms with van der Waals surface area (Å²) in [4.78, 5) is 29.4. The van der Waals surface area contributed by atoms with E-state index in [1.807, 2.05) is 27.7 Å². The van der Waals surface area contributed by atoms with Crippen molar-refractivity contribution in [1.29, 1.82) is 0 Å². The Morgan fingerprint density at radius 1 is 1.38 bits per heavy atom. The van der Waals surface area contributed by atoms with Gasteiger partial charge in [-0.1, -0.05) is 27.7 Å². The fraction of sp³-hybridized carbons (Fsp3) is 0.714. The maximum absolute atomic E-state index is 12.5. The van der Waals surface area contributed by atoms with Gasteiger partial charge in [-0.25, -0.2) is 9.78 Å². The third kappa shape index (κ3) is 3.22. The molecule has 2 unspecified atom stereocenters. The summed E-state index contributed by atoms with van der Waals surface area (Å²) in [7, 11) is 0. The Balaban J connectivity index is 2.22. The van der Waals surface area contributed by atoms with E-state index in [1.54, 1.807) is 0 Å². The minimum atomic E-state index is -0.971. The summed E-state index contributed by atoms with van der Waals surface area (Å²) in [6, 6.07) is -0.794. The largest absolute Gasteiger partial charge is 0.480 e. The Morgan fingerprint density at radius 2 is 2.05 bits per heavy atom. The number of aromatic nitrogens is 3. The number of amides is 1. The number of carboxylic acid groups (broad SMARTS) is 1. The summed E-state index contributed by atoms with van der Waals surface area (Å²) in [5.74, 6) is -0.432. The van der Waals surface area contributed by atoms with Gasteiger partial charge >= 0.3 is 5.97 Å². The molecule has 1 aliphatic rings. The van der Waals surface area contributed by atoms with E-state index in [0.29, 0.717) is 24.7 Å². The summed E-state index contributed by atoms with van der Waals surface area (Å²) in [6.45, 7) is 8.32. The van der Waals surface area contributed by atoms with E-state index in [0.717, 1.165) is 6.42 Å². The van der Waals surface area contributed by atoms with Crippen molar-refractivity contribution in [3.8, 4) is 0 Å². The van der Waals surface area contributed by atoms with Gasteiger partial charge in [0.2, 0.25) is 5.82 Å². The van der Waals surface area contributed by atoms with Gasteiger partial charge in [0.1, 0.15) is 11.9 Å². The van der Waals surface area contributed by atoms with Gasteiger partial charge in [-0.05, 0) is 18.8 Å². The molecule has 0 aromatic carbocycles. The van der Waals surface area contributed by atoms with Gasteiger partial charge in [-0.3, -0.25) is 9.89 Å². The highest BCUT2D eigenvalue weighted by Gasteiger charge is 2.36. The van der Waals surface area contributed by atoms with Crippen molar-refractivity contribution in [3.05, 3.63) is 11.6 Å². The maximum atomic E-state index is 12.5. The molecule has 21 heavy (non-hydrogen) atoms. The van der Waals surface area contributed by atoms with Gasteiger partial charge in [0, 0.05) is 12.0 Å². The molecule has 0 spiro atoms. The number of carbonyl (C=O) groups is 2. The van der Waals surface area contributed by atoms with Crippen LogP contribution in [0, 0.1) is 5.92 Å². The molecule has 7 heteroatoms. The van der Waals surface area contributed by atoms with Crippen molar-refractivity contribution in [1.82, 2.24) is 20.1 Å². The van der Waals surface area contributed by atoms with E-state index in [-0.39, 0.29) is 11.2 Å². The van der Waals surface area contributed by atoms with Crippen LogP contribution in [0.2, 0.25) is 0 Å². The van der Waals surface area contributed by atoms with Crippen molar-refractivity contribution in [2.24, 2.45) is 5.92 Å². The summed E-state index contributed by atoms with van der Waals surface area (Å²) >= 11 is 0. The maximum Gasteiger partial charge on any atom is 0.326 e. The Labute approximate surface area is 123 Å². The van der Waals surface area contributed by atoms with Gasteiger partial charge < -0.3 is 10.0 Å². The third-order valence-electron chi connectivity index (χ3n) is 3.80. The SMILES string of the molecule is CC1CCN(C(=O)c2n[nH]c(C(C)(C)C)n2)C(C(=O)O)C1. The van der Waals surface area contributed by atoms with Crippen LogP contribution in [0.3, 0.4) is 0 Å². The van der Waals surface area contributed by atoms with Crippen LogP contribution in [0.4, 0.5) is 0 Å². The quantitative estimate of drug-likeness (QED) is 0.859. The molecule has 1 aromatic rings. The molecular formula is C14H22N4O3. The zero-order chi connectivity index (χ0) is 15.8. The lowest BCUT2D eigenvalue weighted by Gasteiger charge is -2.35. The van der Waals surface area contributed by atoms with Crippen LogP contribution in [0.15, 0.2) is 0 Å². The Kier molecular flexibility index (Phi) is 4.02. The Morgan fingerprint density at radius 3 is 2.57 bits per heavy atom. The first-order valence-electron chi connectivity index (χ1n) is 7.17. The number of nitrogens with zero attached hydrogens (tertiary/aromatic N) is 3. The Hall–Kier alpha value is -1.92. The molecule has 0 aliphatic carbocycles. The first kappa shape index (κ1) is 15.5. The van der Waals surface area contributed by atoms with Gasteiger partial charge in [0.15, 0.2) is 0 Å². The molecule has 2 atom stereocenters. The monoisotopic (exact) mass is 294 g/mol. The van der Waals surface area contributed by atoms with Crippen LogP contribution >= 0.6 is 0 Å². The first-order valence-corrected chi connectivity index (χ1v) is 7.17. The van der Waals surface area contributed by atoms with Crippen LogP contribution in [0.25, 0.3) is 0 Å². The normalized spacial score (nSPS) is 23.1. The second kappa shape index (κ2) is 5.46. The molecule has 0 bridgehead atoms. The van der Waals surface area contributed by atoms with Crippen LogP contribution < -0.4 is 0 Å². The molecule has 2 heterocycles. The summed E-state index contributed by atoms with van der Waals surface area (Å²) in [6.07, 6.45) is 1.27. The van der Waals surface area contributed by atoms with Gasteiger partial charge in [-0.2, -0.15) is 0 Å². The predicted octanol–water partition coefficient (Wildman–Crippen LogP) is 1.43. The minimum absolute atomic E-state index is 0.0423. The average molecular weight is 294 g/mol. The number of aliphatic carboxylic acids is 1. The number of hydrogen-bond acceptors (Lipinski definition) is 4. The predicted molar refractivity (Wildman–Crippen MR) is 75.9 cm³/mol. The van der Waals surface area contributed by atoms with Gasteiger partial charge in [0.25, 0.3) is 5.91 Å². The number of carboxylic acids is 1. The van der Waals surface area contributed by atoms with Crippen LogP contribution in [0.1, 0.15) is 57.0 Å². The van der Waals surface area contributed by atoms with Crippen LogP contribution in [0.5, 0.6) is 0 Å². The topological polar surface area (TPSA) is 99.2 Å². The molecule has 2 N–H and O–H groups in total. The average Bonchev–Trinajstić information content (AvgIpc) is 2.87. The van der Waals surface area contributed by atoms with Crippen molar-refractivity contribution in [2.45, 2.75) is 52.0 Å². The fourth-order valence-corrected chi connectivity index (χ4v) is 2.44. The smallest absolute Gasteiger partial charge is 0.326 e. The highest BCUT2D eigenvalue weighted by molar-refractivity contribution is 5.93. The third-order valence-corrected chi connectivity index (χ3v) is 3.80. The lowest BCUT2D eigenvalue weighted by Crippen LogP contribution is -2.50. The summed E-state index contributed by atoms with van der Waals surface area (Å²) < 4.78 is 0. The molecule has 116 valence electrons. The number of hydrogen-bond donors (Lipinski definition) is 2. The molecule has 1 aliphatic heterocycles. The van der Waals surface area contributed by atoms with Crippen molar-refractivity contribution in [3.63, 3.8) is 0 Å². The molecular weight excluding hydrogens is 272 g/mol. The molecule has 0 saturated carbocycles. The summed E-state index contributed by atoms with van der Waals surface area (Å²) in [5.41, 5.74) is -0.242. The number of piperidine rings is 1. The molecule has 2 rings (SSSR count). The van der Waals surface area contributed by atoms with E-state index < -0.39 is 17.9 Å². The van der Waals surface area contributed by atoms with Crippen molar-refractivity contribution >= 4 is 11.9 Å². The lowest BCUT2D eigenvalue weighted by molar-refractivity contribution is -0.144. The lowest BCUT2D eigenvalue weighted by atomic mass is 9.92. The number of aromatic amines is 1. The van der Waals surface area contributed by atoms with Crippen LogP contribution in [-0.4, -0.2) is 49.7 Å². The van der Waals surface area contributed by atoms with E-state index in [9.17, 15) is 14.7 Å². The van der Waals surface area contributed by atoms with E-state index in [1.165, 1.54) is 4.90 Å². The Bertz CT molecular complexity index is 547. The van der Waals surface area contributed by atoms with E-state index in [2.05, 4.69) is 15.2 Å². The number of likely N-dealkylation sites (tertiary alicyclic amines) is 1. The van der Waals surface area contributed by atoms with Crippen LogP contribution in [-0.2, 0) is 10.2 Å². The standard InChI is InChI=1S/C14H22N4O3/c1-8-5-6-18(9(7-8)12(20)21)11(19)10-15-13(17-16-10)14(2,3)4/h8-9H,5-7H2,1-4H3,(H,20,21)(H,15,16,17). The molecule has 1 aromatic heterocycles. The molecule has 1 saturated heterocycles. The highest BCUT2D eigenvalue weighted by atomic mass is 16.4. The summed E-state index contributed by atoms with van der Waals surface area (Å²) in [5, 5.41) is 16.0. The van der Waals surface area contributed by atoms with E-state index in [4.69, 9.17) is 0 Å². The zero-order valence-electron chi connectivity index (χ0n) is 12.9. The van der Waals surface area contributed by atoms with Gasteiger partial charge in [0.05, 0.1) is 0 Å². The van der Waals surface area contributed by atoms with Gasteiger partial charge in [-0.15, -0.1) is 5.10 Å². The molecule has 1 amide bonds. The molecule has 0 radical (unpaired) electrons. The fourth-order valence-electron chi connectivity index (χ4n) is 2.44. The van der Waals surface area contributed by atoms with Crippen molar-refractivity contribution in [2.75, 3.05) is 6.54 Å². The molecule has 7 nitrogen and oxygen atoms in total. The first-order chi connectivity index (χ1) is 9.70. The number of nitrogens with one attached hydrogen (secondary N) is 1.